The van der Waals surface area contributed by atoms with Gasteiger partial charge in [0.25, 0.3) is 0 Å². The fourth-order valence-electron chi connectivity index (χ4n) is 3.31. The highest BCUT2D eigenvalue weighted by atomic mass is 35.5. The highest BCUT2D eigenvalue weighted by Gasteiger charge is 2.61. The van der Waals surface area contributed by atoms with Crippen LogP contribution in [0.1, 0.15) is 31.2 Å². The molecule has 0 spiro atoms. The molecule has 0 aromatic heterocycles. The molecule has 0 N–H and O–H groups in total. The van der Waals surface area contributed by atoms with E-state index in [-0.39, 0.29) is 11.7 Å². The van der Waals surface area contributed by atoms with Gasteiger partial charge in [-0.25, -0.2) is 0 Å². The molecule has 0 heterocycles. The Morgan fingerprint density at radius 1 is 1.12 bits per heavy atom. The average Bonchev–Trinajstić information content (AvgIpc) is 2.38. The van der Waals surface area contributed by atoms with Gasteiger partial charge in [-0.2, -0.15) is 0 Å². The Hall–Kier alpha value is -0.820. The molecule has 0 saturated heterocycles. The van der Waals surface area contributed by atoms with Gasteiger partial charge in [0.2, 0.25) is 0 Å². The Labute approximate surface area is 101 Å². The molecule has 0 aliphatic heterocycles. The van der Waals surface area contributed by atoms with Gasteiger partial charge in [0.05, 0.1) is 0 Å². The highest BCUT2D eigenvalue weighted by Crippen LogP contribution is 2.58. The van der Waals surface area contributed by atoms with Crippen molar-refractivity contribution in [3.05, 3.63) is 35.9 Å². The summed E-state index contributed by atoms with van der Waals surface area (Å²) in [5.41, 5.74) is 0.991. The highest BCUT2D eigenvalue weighted by molar-refractivity contribution is 6.38. The first-order valence-electron chi connectivity index (χ1n) is 6.03. The van der Waals surface area contributed by atoms with Gasteiger partial charge in [0.15, 0.2) is 5.78 Å². The Morgan fingerprint density at radius 2 is 1.81 bits per heavy atom. The van der Waals surface area contributed by atoms with E-state index in [0.29, 0.717) is 5.92 Å². The van der Waals surface area contributed by atoms with Crippen LogP contribution in [0.4, 0.5) is 0 Å². The monoisotopic (exact) mass is 234 g/mol. The Kier molecular flexibility index (Phi) is 2.32. The molecular weight excluding hydrogens is 220 g/mol. The standard InChI is InChI=1S/C14H15ClO/c15-14(10-6-2-1-3-7-10)12-9-5-4-8-11(12)13(14)16/h1-3,6-7,11-12H,4-5,8-9H2/t11-,12+,14-/m1/s1. The second-order valence-corrected chi connectivity index (χ2v) is 5.54. The largest absolute Gasteiger partial charge is 0.297 e. The molecule has 2 heteroatoms. The molecule has 1 nitrogen and oxygen atoms in total. The van der Waals surface area contributed by atoms with Crippen LogP contribution in [0.5, 0.6) is 0 Å². The zero-order valence-corrected chi connectivity index (χ0v) is 9.91. The van der Waals surface area contributed by atoms with Crippen molar-refractivity contribution in [2.24, 2.45) is 11.8 Å². The summed E-state index contributed by atoms with van der Waals surface area (Å²) in [6, 6.07) is 9.85. The van der Waals surface area contributed by atoms with Gasteiger partial charge in [-0.15, -0.1) is 11.6 Å². The summed E-state index contributed by atoms with van der Waals surface area (Å²) in [6.07, 6.45) is 4.56. The van der Waals surface area contributed by atoms with E-state index in [9.17, 15) is 4.79 Å². The molecule has 0 radical (unpaired) electrons. The summed E-state index contributed by atoms with van der Waals surface area (Å²) in [7, 11) is 0. The van der Waals surface area contributed by atoms with Crippen LogP contribution in [0.15, 0.2) is 30.3 Å². The maximum Gasteiger partial charge on any atom is 0.161 e. The quantitative estimate of drug-likeness (QED) is 0.680. The van der Waals surface area contributed by atoms with E-state index in [1.807, 2.05) is 30.3 Å². The summed E-state index contributed by atoms with van der Waals surface area (Å²) in [5, 5.41) is 0. The van der Waals surface area contributed by atoms with Gasteiger partial charge in [0.1, 0.15) is 4.87 Å². The molecule has 3 rings (SSSR count). The molecular formula is C14H15ClO. The van der Waals surface area contributed by atoms with Gasteiger partial charge in [-0.05, 0) is 24.3 Å². The fourth-order valence-corrected chi connectivity index (χ4v) is 3.84. The van der Waals surface area contributed by atoms with Crippen molar-refractivity contribution in [1.29, 1.82) is 0 Å². The molecule has 2 aliphatic carbocycles. The van der Waals surface area contributed by atoms with Crippen molar-refractivity contribution in [3.8, 4) is 0 Å². The van der Waals surface area contributed by atoms with Crippen molar-refractivity contribution in [2.75, 3.05) is 0 Å². The van der Waals surface area contributed by atoms with Crippen LogP contribution in [0, 0.1) is 11.8 Å². The van der Waals surface area contributed by atoms with Crippen LogP contribution in [0.2, 0.25) is 0 Å². The number of alkyl halides is 1. The molecule has 2 saturated carbocycles. The lowest BCUT2D eigenvalue weighted by Gasteiger charge is -2.52. The number of ketones is 1. The number of hydrogen-bond acceptors (Lipinski definition) is 1. The first-order chi connectivity index (χ1) is 7.74. The maximum atomic E-state index is 12.2. The van der Waals surface area contributed by atoms with Crippen molar-refractivity contribution < 1.29 is 4.79 Å². The first kappa shape index (κ1) is 10.3. The summed E-state index contributed by atoms with van der Waals surface area (Å²) < 4.78 is 0. The number of carbonyl (C=O) groups excluding carboxylic acids is 1. The zero-order chi connectivity index (χ0) is 11.2. The van der Waals surface area contributed by atoms with Crippen LogP contribution < -0.4 is 0 Å². The van der Waals surface area contributed by atoms with Crippen molar-refractivity contribution >= 4 is 17.4 Å². The van der Waals surface area contributed by atoms with E-state index < -0.39 is 4.87 Å². The van der Waals surface area contributed by atoms with Crippen LogP contribution in [0.3, 0.4) is 0 Å². The van der Waals surface area contributed by atoms with Gasteiger partial charge < -0.3 is 0 Å². The number of rotatable bonds is 1. The van der Waals surface area contributed by atoms with Crippen LogP contribution in [0.25, 0.3) is 0 Å². The average molecular weight is 235 g/mol. The van der Waals surface area contributed by atoms with E-state index in [4.69, 9.17) is 11.6 Å². The third-order valence-corrected chi connectivity index (χ3v) is 4.85. The van der Waals surface area contributed by atoms with E-state index in [0.717, 1.165) is 18.4 Å². The van der Waals surface area contributed by atoms with Gasteiger partial charge >= 0.3 is 0 Å². The molecule has 2 aliphatic rings. The van der Waals surface area contributed by atoms with Crippen LogP contribution in [-0.4, -0.2) is 5.78 Å². The number of Topliss-reactive ketones (excluding diaryl/α,β-unsaturated/α-hetero) is 1. The number of carbonyl (C=O) groups is 1. The molecule has 0 amide bonds. The Morgan fingerprint density at radius 3 is 2.56 bits per heavy atom. The van der Waals surface area contributed by atoms with Gasteiger partial charge in [-0.1, -0.05) is 43.2 Å². The number of fused-ring (bicyclic) bond motifs is 1. The minimum absolute atomic E-state index is 0.242. The second-order valence-electron chi connectivity index (χ2n) is 4.94. The predicted molar refractivity (Wildman–Crippen MR) is 64.4 cm³/mol. The third-order valence-electron chi connectivity index (χ3n) is 4.17. The molecule has 1 aromatic rings. The number of hydrogen-bond donors (Lipinski definition) is 0. The van der Waals surface area contributed by atoms with Gasteiger partial charge in [0, 0.05) is 5.92 Å². The molecule has 1 aromatic carbocycles. The lowest BCUT2D eigenvalue weighted by atomic mass is 9.55. The van der Waals surface area contributed by atoms with E-state index in [2.05, 4.69) is 0 Å². The van der Waals surface area contributed by atoms with Gasteiger partial charge in [-0.3, -0.25) is 4.79 Å². The topological polar surface area (TPSA) is 17.1 Å². The third kappa shape index (κ3) is 1.21. The number of benzene rings is 1. The zero-order valence-electron chi connectivity index (χ0n) is 9.16. The molecule has 2 fully saturated rings. The SMILES string of the molecule is O=C1[C@@H]2CCCC[C@@H]2[C@]1(Cl)c1ccccc1. The molecule has 84 valence electrons. The molecule has 16 heavy (non-hydrogen) atoms. The summed E-state index contributed by atoms with van der Waals surface area (Å²) >= 11 is 6.61. The normalized spacial score (nSPS) is 37.7. The lowest BCUT2D eigenvalue weighted by Crippen LogP contribution is -2.58. The Bertz CT molecular complexity index is 414. The minimum atomic E-state index is -0.702. The fraction of sp³-hybridized carbons (Fsp3) is 0.500. The lowest BCUT2D eigenvalue weighted by molar-refractivity contribution is -0.143. The minimum Gasteiger partial charge on any atom is -0.297 e. The summed E-state index contributed by atoms with van der Waals surface area (Å²) in [6.45, 7) is 0. The van der Waals surface area contributed by atoms with Crippen LogP contribution >= 0.6 is 11.6 Å². The summed E-state index contributed by atoms with van der Waals surface area (Å²) in [5.74, 6) is 0.870. The summed E-state index contributed by atoms with van der Waals surface area (Å²) in [4.78, 5) is 11.5. The van der Waals surface area contributed by atoms with E-state index >= 15 is 0 Å². The smallest absolute Gasteiger partial charge is 0.161 e. The van der Waals surface area contributed by atoms with E-state index in [1.165, 1.54) is 12.8 Å². The van der Waals surface area contributed by atoms with E-state index in [1.54, 1.807) is 0 Å². The molecule has 0 bridgehead atoms. The Balaban J connectivity index is 1.97. The second kappa shape index (κ2) is 3.59. The van der Waals surface area contributed by atoms with Crippen molar-refractivity contribution in [3.63, 3.8) is 0 Å². The first-order valence-corrected chi connectivity index (χ1v) is 6.41. The predicted octanol–water partition coefficient (Wildman–Crippen LogP) is 3.51. The maximum absolute atomic E-state index is 12.2. The molecule has 3 atom stereocenters. The number of halogens is 1. The van der Waals surface area contributed by atoms with Crippen LogP contribution in [-0.2, 0) is 9.67 Å². The van der Waals surface area contributed by atoms with Crippen molar-refractivity contribution in [2.45, 2.75) is 30.6 Å². The van der Waals surface area contributed by atoms with Crippen molar-refractivity contribution in [1.82, 2.24) is 0 Å². The molecule has 0 unspecified atom stereocenters.